The van der Waals surface area contributed by atoms with Crippen LogP contribution in [0.4, 0.5) is 0 Å². The third-order valence-corrected chi connectivity index (χ3v) is 11.3. The molecule has 0 spiro atoms. The van der Waals surface area contributed by atoms with Gasteiger partial charge >= 0.3 is 0 Å². The SMILES string of the molecule is c1cc(-c2cc3ccccc3c3ccccc23)cc(-n2c3ccccc3c3c4oc5ccc(-n6c7ccccc7c7ccccc76)cc5c4ccc32)c1. The van der Waals surface area contributed by atoms with Gasteiger partial charge in [-0.05, 0) is 99.4 Å². The summed E-state index contributed by atoms with van der Waals surface area (Å²) in [6.45, 7) is 0. The Morgan fingerprint density at radius 1 is 0.340 bits per heavy atom. The number of benzene rings is 9. The van der Waals surface area contributed by atoms with Gasteiger partial charge in [-0.15, -0.1) is 0 Å². The summed E-state index contributed by atoms with van der Waals surface area (Å²) in [5.41, 5.74) is 11.2. The largest absolute Gasteiger partial charge is 0.455 e. The molecular formula is C50H30N2O. The topological polar surface area (TPSA) is 23.0 Å². The molecule has 0 atom stereocenters. The lowest BCUT2D eigenvalue weighted by molar-refractivity contribution is 0.673. The van der Waals surface area contributed by atoms with Crippen molar-refractivity contribution < 1.29 is 4.42 Å². The van der Waals surface area contributed by atoms with Gasteiger partial charge < -0.3 is 13.6 Å². The van der Waals surface area contributed by atoms with Gasteiger partial charge in [-0.25, -0.2) is 0 Å². The number of fused-ring (bicyclic) bond motifs is 13. The zero-order valence-corrected chi connectivity index (χ0v) is 28.6. The van der Waals surface area contributed by atoms with E-state index < -0.39 is 0 Å². The Hall–Kier alpha value is -7.10. The molecule has 0 saturated carbocycles. The van der Waals surface area contributed by atoms with Crippen molar-refractivity contribution in [2.24, 2.45) is 0 Å². The first-order chi connectivity index (χ1) is 26.3. The van der Waals surface area contributed by atoms with Gasteiger partial charge in [-0.1, -0.05) is 115 Å². The molecule has 0 bridgehead atoms. The zero-order chi connectivity index (χ0) is 34.6. The van der Waals surface area contributed by atoms with Crippen LogP contribution in [0.3, 0.4) is 0 Å². The van der Waals surface area contributed by atoms with Crippen molar-refractivity contribution in [1.82, 2.24) is 9.13 Å². The Balaban J connectivity index is 1.08. The molecule has 3 nitrogen and oxygen atoms in total. The van der Waals surface area contributed by atoms with E-state index in [0.29, 0.717) is 0 Å². The summed E-state index contributed by atoms with van der Waals surface area (Å²) in [6, 6.07) is 66.0. The Morgan fingerprint density at radius 3 is 1.72 bits per heavy atom. The molecule has 12 aromatic rings. The van der Waals surface area contributed by atoms with Crippen molar-refractivity contribution in [3.63, 3.8) is 0 Å². The monoisotopic (exact) mass is 674 g/mol. The standard InChI is InChI=1S/C50H30N2O/c1-2-15-35-32(12-1)29-42(37-17-4-3-16-36(35)37)31-13-11-14-33(28-31)52-46-23-10-7-20-41(46)49-47(52)26-25-40-43-30-34(24-27-48(43)53-50(40)49)51-44-21-8-5-18-38(44)39-19-6-9-22-45(39)51/h1-30H. The van der Waals surface area contributed by atoms with Gasteiger partial charge in [0.1, 0.15) is 11.2 Å². The molecule has 3 aromatic heterocycles. The lowest BCUT2D eigenvalue weighted by atomic mass is 9.93. The van der Waals surface area contributed by atoms with Crippen LogP contribution in [0.5, 0.6) is 0 Å². The van der Waals surface area contributed by atoms with Gasteiger partial charge in [0.25, 0.3) is 0 Å². The Bertz CT molecular complexity index is 3410. The number of hydrogen-bond acceptors (Lipinski definition) is 1. The van der Waals surface area contributed by atoms with Gasteiger partial charge in [-0.3, -0.25) is 0 Å². The summed E-state index contributed by atoms with van der Waals surface area (Å²) >= 11 is 0. The van der Waals surface area contributed by atoms with Crippen LogP contribution in [-0.4, -0.2) is 9.13 Å². The molecule has 0 radical (unpaired) electrons. The van der Waals surface area contributed by atoms with Crippen LogP contribution in [-0.2, 0) is 0 Å². The quantitative estimate of drug-likeness (QED) is 0.171. The van der Waals surface area contributed by atoms with E-state index in [4.69, 9.17) is 4.42 Å². The minimum Gasteiger partial charge on any atom is -0.455 e. The summed E-state index contributed by atoms with van der Waals surface area (Å²) in [4.78, 5) is 0. The number of hydrogen-bond donors (Lipinski definition) is 0. The highest BCUT2D eigenvalue weighted by atomic mass is 16.3. The first-order valence-electron chi connectivity index (χ1n) is 18.2. The minimum absolute atomic E-state index is 0.888. The third-order valence-electron chi connectivity index (χ3n) is 11.3. The predicted octanol–water partition coefficient (Wildman–Crippen LogP) is 13.8. The van der Waals surface area contributed by atoms with Crippen LogP contribution in [0, 0.1) is 0 Å². The number of aromatic nitrogens is 2. The van der Waals surface area contributed by atoms with E-state index in [1.807, 2.05) is 0 Å². The molecular weight excluding hydrogens is 645 g/mol. The van der Waals surface area contributed by atoms with Crippen molar-refractivity contribution in [2.75, 3.05) is 0 Å². The molecule has 0 unspecified atom stereocenters. The summed E-state index contributed by atoms with van der Waals surface area (Å²) in [6.07, 6.45) is 0. The molecule has 12 rings (SSSR count). The van der Waals surface area contributed by atoms with Crippen molar-refractivity contribution in [2.45, 2.75) is 0 Å². The number of furan rings is 1. The van der Waals surface area contributed by atoms with E-state index >= 15 is 0 Å². The van der Waals surface area contributed by atoms with E-state index in [1.165, 1.54) is 59.9 Å². The maximum Gasteiger partial charge on any atom is 0.145 e. The molecule has 3 heteroatoms. The molecule has 53 heavy (non-hydrogen) atoms. The lowest BCUT2D eigenvalue weighted by Gasteiger charge is -2.13. The zero-order valence-electron chi connectivity index (χ0n) is 28.6. The Labute approximate surface area is 304 Å². The molecule has 246 valence electrons. The number of rotatable bonds is 3. The van der Waals surface area contributed by atoms with E-state index in [-0.39, 0.29) is 0 Å². The molecule has 0 fully saturated rings. The highest BCUT2D eigenvalue weighted by Gasteiger charge is 2.20. The highest BCUT2D eigenvalue weighted by Crippen LogP contribution is 2.43. The van der Waals surface area contributed by atoms with Gasteiger partial charge in [-0.2, -0.15) is 0 Å². The number of para-hydroxylation sites is 3. The van der Waals surface area contributed by atoms with Crippen LogP contribution >= 0.6 is 0 Å². The summed E-state index contributed by atoms with van der Waals surface area (Å²) in [5, 5.41) is 12.1. The van der Waals surface area contributed by atoms with Gasteiger partial charge in [0.2, 0.25) is 0 Å². The van der Waals surface area contributed by atoms with Crippen molar-refractivity contribution in [1.29, 1.82) is 0 Å². The molecule has 3 heterocycles. The summed E-state index contributed by atoms with van der Waals surface area (Å²) < 4.78 is 11.6. The first-order valence-corrected chi connectivity index (χ1v) is 18.2. The van der Waals surface area contributed by atoms with E-state index in [9.17, 15) is 0 Å². The molecule has 0 amide bonds. The smallest absolute Gasteiger partial charge is 0.145 e. The van der Waals surface area contributed by atoms with Crippen LogP contribution < -0.4 is 0 Å². The maximum atomic E-state index is 6.83. The third kappa shape index (κ3) is 3.99. The van der Waals surface area contributed by atoms with E-state index in [2.05, 4.69) is 191 Å². The second-order valence-corrected chi connectivity index (χ2v) is 14.1. The number of nitrogens with zero attached hydrogens (tertiary/aromatic N) is 2. The minimum atomic E-state index is 0.888. The molecule has 0 N–H and O–H groups in total. The van der Waals surface area contributed by atoms with E-state index in [1.54, 1.807) is 0 Å². The first kappa shape index (κ1) is 28.6. The van der Waals surface area contributed by atoms with Crippen LogP contribution in [0.25, 0.3) is 110 Å². The molecule has 0 aliphatic rings. The average Bonchev–Trinajstić information content (AvgIpc) is 3.88. The van der Waals surface area contributed by atoms with Gasteiger partial charge in [0.15, 0.2) is 0 Å². The van der Waals surface area contributed by atoms with Crippen molar-refractivity contribution >= 4 is 87.1 Å². The van der Waals surface area contributed by atoms with Crippen LogP contribution in [0.2, 0.25) is 0 Å². The second kappa shape index (κ2) is 10.7. The second-order valence-electron chi connectivity index (χ2n) is 14.1. The summed E-state index contributed by atoms with van der Waals surface area (Å²) in [5.74, 6) is 0. The Morgan fingerprint density at radius 2 is 0.943 bits per heavy atom. The van der Waals surface area contributed by atoms with Gasteiger partial charge in [0.05, 0.1) is 27.5 Å². The lowest BCUT2D eigenvalue weighted by Crippen LogP contribution is -1.94. The average molecular weight is 675 g/mol. The molecule has 0 aliphatic carbocycles. The fourth-order valence-electron chi connectivity index (χ4n) is 9.00. The van der Waals surface area contributed by atoms with Gasteiger partial charge in [0, 0.05) is 38.3 Å². The van der Waals surface area contributed by atoms with E-state index in [0.717, 1.165) is 49.7 Å². The molecule has 0 aliphatic heterocycles. The summed E-state index contributed by atoms with van der Waals surface area (Å²) in [7, 11) is 0. The highest BCUT2D eigenvalue weighted by molar-refractivity contribution is 6.24. The Kier molecular flexibility index (Phi) is 5.77. The normalized spacial score (nSPS) is 12.2. The van der Waals surface area contributed by atoms with Crippen LogP contribution in [0.1, 0.15) is 0 Å². The predicted molar refractivity (Wildman–Crippen MR) is 223 cm³/mol. The van der Waals surface area contributed by atoms with Crippen molar-refractivity contribution in [3.05, 3.63) is 182 Å². The van der Waals surface area contributed by atoms with Crippen molar-refractivity contribution in [3.8, 4) is 22.5 Å². The fourth-order valence-corrected chi connectivity index (χ4v) is 9.00. The molecule has 0 saturated heterocycles. The van der Waals surface area contributed by atoms with Crippen LogP contribution in [0.15, 0.2) is 186 Å². The fraction of sp³-hybridized carbons (Fsp3) is 0. The molecule has 9 aromatic carbocycles. The maximum absolute atomic E-state index is 6.83.